The Labute approximate surface area is 120 Å². The van der Waals surface area contributed by atoms with Gasteiger partial charge in [-0.2, -0.15) is 0 Å². The van der Waals surface area contributed by atoms with Gasteiger partial charge in [0.2, 0.25) is 0 Å². The lowest BCUT2D eigenvalue weighted by molar-refractivity contribution is 0.319. The van der Waals surface area contributed by atoms with E-state index in [1.54, 1.807) is 0 Å². The quantitative estimate of drug-likeness (QED) is 0.822. The lowest BCUT2D eigenvalue weighted by Gasteiger charge is -2.20. The summed E-state index contributed by atoms with van der Waals surface area (Å²) in [5.41, 5.74) is 7.67. The van der Waals surface area contributed by atoms with Crippen LogP contribution < -0.4 is 15.4 Å². The average molecular weight is 274 g/mol. The Hall–Kier alpha value is -2.17. The molecule has 0 aliphatic rings. The number of nitrogen functional groups attached to an aromatic ring is 1. The summed E-state index contributed by atoms with van der Waals surface area (Å²) in [7, 11) is 4.03. The number of ether oxygens (including phenoxy) is 1. The summed E-state index contributed by atoms with van der Waals surface area (Å²) in [6.45, 7) is 3.49. The second-order valence-electron chi connectivity index (χ2n) is 4.88. The number of aryl methyl sites for hydroxylation is 1. The van der Waals surface area contributed by atoms with E-state index in [4.69, 9.17) is 10.5 Å². The van der Waals surface area contributed by atoms with Crippen molar-refractivity contribution in [3.05, 3.63) is 36.4 Å². The summed E-state index contributed by atoms with van der Waals surface area (Å²) in [4.78, 5) is 6.46. The zero-order valence-electron chi connectivity index (χ0n) is 12.3. The van der Waals surface area contributed by atoms with Crippen molar-refractivity contribution in [2.24, 2.45) is 7.05 Å². The first kappa shape index (κ1) is 14.2. The smallest absolute Gasteiger partial charge is 0.144 e. The van der Waals surface area contributed by atoms with Crippen molar-refractivity contribution in [1.82, 2.24) is 9.55 Å². The van der Waals surface area contributed by atoms with E-state index in [0.29, 0.717) is 12.3 Å². The maximum absolute atomic E-state index is 5.93. The topological polar surface area (TPSA) is 56.3 Å². The van der Waals surface area contributed by atoms with Gasteiger partial charge in [-0.05, 0) is 18.6 Å². The number of rotatable bonds is 6. The predicted octanol–water partition coefficient (Wildman–Crippen LogP) is 2.43. The van der Waals surface area contributed by atoms with Gasteiger partial charge in [-0.25, -0.2) is 4.98 Å². The van der Waals surface area contributed by atoms with Crippen LogP contribution in [0.2, 0.25) is 0 Å². The number of hydrogen-bond donors (Lipinski definition) is 1. The first-order valence-electron chi connectivity index (χ1n) is 6.81. The fourth-order valence-corrected chi connectivity index (χ4v) is 1.95. The number of nitrogens with zero attached hydrogens (tertiary/aromatic N) is 3. The van der Waals surface area contributed by atoms with Crippen LogP contribution in [0.15, 0.2) is 30.6 Å². The minimum atomic E-state index is 0.674. The standard InChI is InChI=1S/C15H22N4O/c1-4-9-20-14-10-12(5-6-13(14)16)19(3)11-15-17-7-8-18(15)2/h5-8,10H,4,9,11,16H2,1-3H3. The Balaban J connectivity index is 2.13. The lowest BCUT2D eigenvalue weighted by Crippen LogP contribution is -2.19. The van der Waals surface area contributed by atoms with Crippen molar-refractivity contribution in [3.63, 3.8) is 0 Å². The molecule has 20 heavy (non-hydrogen) atoms. The fraction of sp³-hybridized carbons (Fsp3) is 0.400. The SMILES string of the molecule is CCCOc1cc(N(C)Cc2nccn2C)ccc1N. The molecule has 1 aromatic heterocycles. The monoisotopic (exact) mass is 274 g/mol. The Kier molecular flexibility index (Phi) is 4.50. The Bertz CT molecular complexity index is 565. The molecule has 0 saturated heterocycles. The van der Waals surface area contributed by atoms with E-state index in [0.717, 1.165) is 30.2 Å². The molecule has 2 rings (SSSR count). The molecule has 0 spiro atoms. The minimum absolute atomic E-state index is 0.674. The molecule has 108 valence electrons. The molecule has 0 amide bonds. The molecular formula is C15H22N4O. The van der Waals surface area contributed by atoms with Gasteiger partial charge in [0, 0.05) is 38.2 Å². The second-order valence-corrected chi connectivity index (χ2v) is 4.88. The maximum atomic E-state index is 5.93. The van der Waals surface area contributed by atoms with Gasteiger partial charge in [0.05, 0.1) is 18.8 Å². The first-order valence-corrected chi connectivity index (χ1v) is 6.81. The van der Waals surface area contributed by atoms with Gasteiger partial charge in [0.1, 0.15) is 11.6 Å². The van der Waals surface area contributed by atoms with Gasteiger partial charge in [-0.3, -0.25) is 0 Å². The summed E-state index contributed by atoms with van der Waals surface area (Å²) in [5.74, 6) is 1.76. The number of anilines is 2. The van der Waals surface area contributed by atoms with E-state index in [1.165, 1.54) is 0 Å². The summed E-state index contributed by atoms with van der Waals surface area (Å²) in [6, 6.07) is 5.86. The van der Waals surface area contributed by atoms with Crippen LogP contribution in [0.25, 0.3) is 0 Å². The third-order valence-corrected chi connectivity index (χ3v) is 3.20. The molecule has 5 nitrogen and oxygen atoms in total. The molecule has 0 aliphatic heterocycles. The Morgan fingerprint density at radius 1 is 1.40 bits per heavy atom. The fourth-order valence-electron chi connectivity index (χ4n) is 1.95. The predicted molar refractivity (Wildman–Crippen MR) is 82.0 cm³/mol. The van der Waals surface area contributed by atoms with Crippen LogP contribution in [0.3, 0.4) is 0 Å². The van der Waals surface area contributed by atoms with E-state index in [2.05, 4.69) is 16.8 Å². The largest absolute Gasteiger partial charge is 0.491 e. The third-order valence-electron chi connectivity index (χ3n) is 3.20. The number of aromatic nitrogens is 2. The highest BCUT2D eigenvalue weighted by Gasteiger charge is 2.08. The minimum Gasteiger partial charge on any atom is -0.491 e. The normalized spacial score (nSPS) is 10.6. The Morgan fingerprint density at radius 3 is 2.85 bits per heavy atom. The molecule has 0 aliphatic carbocycles. The summed E-state index contributed by atoms with van der Waals surface area (Å²) in [6.07, 6.45) is 4.72. The third kappa shape index (κ3) is 3.23. The van der Waals surface area contributed by atoms with Crippen molar-refractivity contribution < 1.29 is 4.74 Å². The molecule has 1 aromatic carbocycles. The molecule has 2 N–H and O–H groups in total. The molecule has 0 unspecified atom stereocenters. The first-order chi connectivity index (χ1) is 9.61. The number of imidazole rings is 1. The van der Waals surface area contributed by atoms with Crippen LogP contribution in [-0.4, -0.2) is 23.2 Å². The summed E-state index contributed by atoms with van der Waals surface area (Å²) < 4.78 is 7.68. The van der Waals surface area contributed by atoms with Crippen LogP contribution in [0.5, 0.6) is 5.75 Å². The van der Waals surface area contributed by atoms with Crippen LogP contribution in [0.1, 0.15) is 19.2 Å². The molecule has 0 fully saturated rings. The van der Waals surface area contributed by atoms with Gasteiger partial charge >= 0.3 is 0 Å². The van der Waals surface area contributed by atoms with Crippen molar-refractivity contribution >= 4 is 11.4 Å². The second kappa shape index (κ2) is 6.32. The zero-order valence-corrected chi connectivity index (χ0v) is 12.3. The van der Waals surface area contributed by atoms with Crippen molar-refractivity contribution in [3.8, 4) is 5.75 Å². The molecule has 0 atom stereocenters. The Morgan fingerprint density at radius 2 is 2.20 bits per heavy atom. The highest BCUT2D eigenvalue weighted by molar-refractivity contribution is 5.62. The average Bonchev–Trinajstić information content (AvgIpc) is 2.83. The molecule has 1 heterocycles. The van der Waals surface area contributed by atoms with E-state index in [9.17, 15) is 0 Å². The van der Waals surface area contributed by atoms with Crippen LogP contribution in [0.4, 0.5) is 11.4 Å². The molecule has 0 saturated carbocycles. The number of benzene rings is 1. The van der Waals surface area contributed by atoms with Crippen LogP contribution >= 0.6 is 0 Å². The summed E-state index contributed by atoms with van der Waals surface area (Å²) >= 11 is 0. The van der Waals surface area contributed by atoms with Gasteiger partial charge in [-0.15, -0.1) is 0 Å². The highest BCUT2D eigenvalue weighted by Crippen LogP contribution is 2.28. The molecule has 0 bridgehead atoms. The molecular weight excluding hydrogens is 252 g/mol. The van der Waals surface area contributed by atoms with Crippen molar-refractivity contribution in [2.45, 2.75) is 19.9 Å². The highest BCUT2D eigenvalue weighted by atomic mass is 16.5. The van der Waals surface area contributed by atoms with E-state index < -0.39 is 0 Å². The molecule has 5 heteroatoms. The van der Waals surface area contributed by atoms with Crippen LogP contribution in [0, 0.1) is 0 Å². The van der Waals surface area contributed by atoms with Crippen LogP contribution in [-0.2, 0) is 13.6 Å². The maximum Gasteiger partial charge on any atom is 0.144 e. The van der Waals surface area contributed by atoms with Gasteiger partial charge in [0.15, 0.2) is 0 Å². The van der Waals surface area contributed by atoms with E-state index >= 15 is 0 Å². The lowest BCUT2D eigenvalue weighted by atomic mass is 10.2. The van der Waals surface area contributed by atoms with E-state index in [-0.39, 0.29) is 0 Å². The molecule has 0 radical (unpaired) electrons. The summed E-state index contributed by atoms with van der Waals surface area (Å²) in [5, 5.41) is 0. The van der Waals surface area contributed by atoms with Gasteiger partial charge in [0.25, 0.3) is 0 Å². The number of nitrogens with two attached hydrogens (primary N) is 1. The van der Waals surface area contributed by atoms with E-state index in [1.807, 2.05) is 49.3 Å². The van der Waals surface area contributed by atoms with Crippen molar-refractivity contribution in [2.75, 3.05) is 24.3 Å². The van der Waals surface area contributed by atoms with Gasteiger partial charge in [-0.1, -0.05) is 6.92 Å². The zero-order chi connectivity index (χ0) is 14.5. The van der Waals surface area contributed by atoms with Gasteiger partial charge < -0.3 is 19.9 Å². The molecule has 2 aromatic rings. The van der Waals surface area contributed by atoms with Crippen molar-refractivity contribution in [1.29, 1.82) is 0 Å². The number of hydrogen-bond acceptors (Lipinski definition) is 4.